The van der Waals surface area contributed by atoms with Gasteiger partial charge >= 0.3 is 12.4 Å². The average molecular weight is 494 g/mol. The summed E-state index contributed by atoms with van der Waals surface area (Å²) in [5.41, 5.74) is -1.26. The highest BCUT2D eigenvalue weighted by Gasteiger charge is 2.33. The monoisotopic (exact) mass is 494 g/mol. The Kier molecular flexibility index (Phi) is 7.23. The van der Waals surface area contributed by atoms with Crippen LogP contribution in [-0.4, -0.2) is 30.8 Å². The summed E-state index contributed by atoms with van der Waals surface area (Å²) >= 11 is 0. The first-order valence-corrected chi connectivity index (χ1v) is 10.2. The highest BCUT2D eigenvalue weighted by Crippen LogP contribution is 2.33. The molecule has 10 heteroatoms. The molecular formula is C25H20F6N2O2. The largest absolute Gasteiger partial charge is 0.416 e. The van der Waals surface area contributed by atoms with Crippen LogP contribution >= 0.6 is 0 Å². The number of nitrogens with zero attached hydrogens (tertiary/aromatic N) is 1. The number of hydrogen-bond acceptors (Lipinski definition) is 2. The zero-order chi connectivity index (χ0) is 26.0. The number of alkyl halides is 6. The molecule has 0 fully saturated rings. The molecule has 1 N–H and O–H groups in total. The van der Waals surface area contributed by atoms with E-state index < -0.39 is 41.3 Å². The maximum Gasteiger partial charge on any atom is 0.416 e. The van der Waals surface area contributed by atoms with E-state index in [2.05, 4.69) is 5.32 Å². The summed E-state index contributed by atoms with van der Waals surface area (Å²) in [6.45, 7) is 0. The number of likely N-dealkylation sites (N-methyl/N-ethyl adjacent to an activating group) is 1. The van der Waals surface area contributed by atoms with E-state index >= 15 is 0 Å². The Balaban J connectivity index is 1.98. The third-order valence-electron chi connectivity index (χ3n) is 5.21. The van der Waals surface area contributed by atoms with E-state index in [-0.39, 0.29) is 11.1 Å². The van der Waals surface area contributed by atoms with Crippen molar-refractivity contribution in [2.24, 2.45) is 0 Å². The molecule has 0 aliphatic rings. The molecule has 35 heavy (non-hydrogen) atoms. The van der Waals surface area contributed by atoms with E-state index in [0.29, 0.717) is 11.1 Å². The zero-order valence-electron chi connectivity index (χ0n) is 18.5. The van der Waals surface area contributed by atoms with E-state index in [1.54, 1.807) is 6.07 Å². The molecule has 0 saturated carbocycles. The lowest BCUT2D eigenvalue weighted by atomic mass is 9.97. The van der Waals surface area contributed by atoms with Gasteiger partial charge < -0.3 is 10.2 Å². The fourth-order valence-corrected chi connectivity index (χ4v) is 3.42. The Morgan fingerprint density at radius 1 is 0.771 bits per heavy atom. The molecule has 2 amide bonds. The van der Waals surface area contributed by atoms with E-state index in [1.807, 2.05) is 0 Å². The van der Waals surface area contributed by atoms with E-state index in [4.69, 9.17) is 0 Å². The van der Waals surface area contributed by atoms with Gasteiger partial charge in [-0.1, -0.05) is 42.5 Å². The van der Waals surface area contributed by atoms with Crippen molar-refractivity contribution in [2.75, 3.05) is 14.1 Å². The van der Waals surface area contributed by atoms with Gasteiger partial charge in [0, 0.05) is 19.7 Å². The third-order valence-corrected chi connectivity index (χ3v) is 5.21. The summed E-state index contributed by atoms with van der Waals surface area (Å²) in [5.74, 6) is -1.44. The molecule has 1 atom stereocenters. The second-order valence-electron chi connectivity index (χ2n) is 7.88. The first-order valence-electron chi connectivity index (χ1n) is 10.2. The predicted octanol–water partition coefficient (Wildman–Crippen LogP) is 5.95. The summed E-state index contributed by atoms with van der Waals surface area (Å²) in [4.78, 5) is 27.1. The summed E-state index contributed by atoms with van der Waals surface area (Å²) in [7, 11) is 2.79. The van der Waals surface area contributed by atoms with Gasteiger partial charge in [-0.15, -0.1) is 0 Å². The third kappa shape index (κ3) is 6.00. The van der Waals surface area contributed by atoms with Crippen LogP contribution in [0.1, 0.15) is 33.1 Å². The molecule has 0 radical (unpaired) electrons. The summed E-state index contributed by atoms with van der Waals surface area (Å²) in [6, 6.07) is 12.9. The molecule has 1 unspecified atom stereocenters. The second kappa shape index (κ2) is 9.81. The van der Waals surface area contributed by atoms with Crippen LogP contribution in [0.5, 0.6) is 0 Å². The van der Waals surface area contributed by atoms with Crippen molar-refractivity contribution >= 4 is 11.8 Å². The zero-order valence-corrected chi connectivity index (χ0v) is 18.5. The second-order valence-corrected chi connectivity index (χ2v) is 7.88. The van der Waals surface area contributed by atoms with Gasteiger partial charge in [0.15, 0.2) is 0 Å². The Bertz CT molecular complexity index is 1220. The molecule has 0 aromatic heterocycles. The van der Waals surface area contributed by atoms with Gasteiger partial charge in [0.05, 0.1) is 11.1 Å². The maximum atomic E-state index is 13.2. The first kappa shape index (κ1) is 25.8. The highest BCUT2D eigenvalue weighted by molar-refractivity contribution is 6.03. The normalized spacial score (nSPS) is 12.7. The Labute approximate surface area is 197 Å². The van der Waals surface area contributed by atoms with E-state index in [9.17, 15) is 35.9 Å². The highest BCUT2D eigenvalue weighted by atomic mass is 19.4. The van der Waals surface area contributed by atoms with Crippen LogP contribution in [0.15, 0.2) is 72.8 Å². The van der Waals surface area contributed by atoms with Crippen LogP contribution in [0, 0.1) is 0 Å². The molecule has 184 valence electrons. The number of carbonyl (C=O) groups is 2. The molecular weight excluding hydrogens is 474 g/mol. The SMILES string of the molecule is CN(C)C(=O)C(NC(=O)c1ccccc1-c1ccc(C(F)(F)F)cc1)c1cccc(C(F)(F)F)c1. The lowest BCUT2D eigenvalue weighted by Crippen LogP contribution is -2.40. The molecule has 0 heterocycles. The Morgan fingerprint density at radius 2 is 1.37 bits per heavy atom. The topological polar surface area (TPSA) is 49.4 Å². The number of benzene rings is 3. The number of amides is 2. The van der Waals surface area contributed by atoms with Crippen molar-refractivity contribution < 1.29 is 35.9 Å². The van der Waals surface area contributed by atoms with Gasteiger partial charge in [-0.25, -0.2) is 0 Å². The number of hydrogen-bond donors (Lipinski definition) is 1. The first-order chi connectivity index (χ1) is 16.3. The van der Waals surface area contributed by atoms with Crippen molar-refractivity contribution in [2.45, 2.75) is 18.4 Å². The van der Waals surface area contributed by atoms with Crippen molar-refractivity contribution in [3.8, 4) is 11.1 Å². The average Bonchev–Trinajstić information content (AvgIpc) is 2.81. The van der Waals surface area contributed by atoms with Gasteiger partial charge in [0.1, 0.15) is 6.04 Å². The number of carbonyl (C=O) groups excluding carboxylic acids is 2. The minimum atomic E-state index is -4.65. The van der Waals surface area contributed by atoms with Crippen molar-refractivity contribution in [3.05, 3.63) is 95.1 Å². The Hall–Kier alpha value is -3.82. The molecule has 3 aromatic carbocycles. The fourth-order valence-electron chi connectivity index (χ4n) is 3.42. The standard InChI is InChI=1S/C25H20F6N2O2/c1-33(2)23(35)21(16-6-5-7-18(14-16)25(29,30)31)32-22(34)20-9-4-3-8-19(20)15-10-12-17(13-11-15)24(26,27)28/h3-14,21H,1-2H3,(H,32,34). The van der Waals surface area contributed by atoms with Crippen molar-refractivity contribution in [1.29, 1.82) is 0 Å². The summed E-state index contributed by atoms with van der Waals surface area (Å²) < 4.78 is 78.3. The fraction of sp³-hybridized carbons (Fsp3) is 0.200. The molecule has 3 aromatic rings. The van der Waals surface area contributed by atoms with Gasteiger partial charge in [-0.2, -0.15) is 26.3 Å². The number of nitrogens with one attached hydrogen (secondary N) is 1. The van der Waals surface area contributed by atoms with Gasteiger partial charge in [-0.05, 0) is 47.0 Å². The van der Waals surface area contributed by atoms with Crippen molar-refractivity contribution in [3.63, 3.8) is 0 Å². The van der Waals surface area contributed by atoms with Crippen molar-refractivity contribution in [1.82, 2.24) is 10.2 Å². The quantitative estimate of drug-likeness (QED) is 0.446. The number of rotatable bonds is 5. The lowest BCUT2D eigenvalue weighted by Gasteiger charge is -2.23. The van der Waals surface area contributed by atoms with Crippen LogP contribution in [0.2, 0.25) is 0 Å². The van der Waals surface area contributed by atoms with Gasteiger partial charge in [0.2, 0.25) is 5.91 Å². The van der Waals surface area contributed by atoms with Crippen LogP contribution in [0.3, 0.4) is 0 Å². The minimum Gasteiger partial charge on any atom is -0.347 e. The summed E-state index contributed by atoms with van der Waals surface area (Å²) in [6.07, 6.45) is -9.18. The molecule has 0 aliphatic carbocycles. The van der Waals surface area contributed by atoms with Gasteiger partial charge in [-0.3, -0.25) is 9.59 Å². The Morgan fingerprint density at radius 3 is 1.94 bits per heavy atom. The summed E-state index contributed by atoms with van der Waals surface area (Å²) in [5, 5.41) is 2.48. The van der Waals surface area contributed by atoms with E-state index in [1.165, 1.54) is 50.5 Å². The molecule has 4 nitrogen and oxygen atoms in total. The molecule has 3 rings (SSSR count). The van der Waals surface area contributed by atoms with Crippen LogP contribution < -0.4 is 5.32 Å². The minimum absolute atomic E-state index is 0.0378. The molecule has 0 spiro atoms. The lowest BCUT2D eigenvalue weighted by molar-refractivity contribution is -0.138. The maximum absolute atomic E-state index is 13.2. The predicted molar refractivity (Wildman–Crippen MR) is 117 cm³/mol. The van der Waals surface area contributed by atoms with Crippen LogP contribution in [-0.2, 0) is 17.1 Å². The van der Waals surface area contributed by atoms with Gasteiger partial charge in [0.25, 0.3) is 5.91 Å². The van der Waals surface area contributed by atoms with E-state index in [0.717, 1.165) is 35.2 Å². The number of halogens is 6. The molecule has 0 aliphatic heterocycles. The molecule has 0 saturated heterocycles. The smallest absolute Gasteiger partial charge is 0.347 e. The van der Waals surface area contributed by atoms with Crippen LogP contribution in [0.25, 0.3) is 11.1 Å². The molecule has 0 bridgehead atoms. The van der Waals surface area contributed by atoms with Crippen LogP contribution in [0.4, 0.5) is 26.3 Å².